The lowest BCUT2D eigenvalue weighted by atomic mass is 9.88. The van der Waals surface area contributed by atoms with Gasteiger partial charge in [0.05, 0.1) is 51.4 Å². The van der Waals surface area contributed by atoms with Crippen molar-refractivity contribution in [3.05, 3.63) is 71.8 Å². The zero-order valence-corrected chi connectivity index (χ0v) is 21.5. The number of carbonyl (C=O) groups is 2. The molecule has 2 N–H and O–H groups in total. The average molecular weight is 495 g/mol. The molecule has 0 amide bonds. The molecule has 0 saturated carbocycles. The summed E-state index contributed by atoms with van der Waals surface area (Å²) in [6.45, 7) is 8.68. The average Bonchev–Trinajstić information content (AvgIpc) is 2.95. The summed E-state index contributed by atoms with van der Waals surface area (Å²) in [5.41, 5.74) is 1.62. The van der Waals surface area contributed by atoms with E-state index in [0.29, 0.717) is 0 Å². The third kappa shape index (κ3) is 8.07. The number of Topliss-reactive ketones (excluding diaryl/α,β-unsaturated/α-hetero) is 2. The standard InChI is InChI=1S/C30H40N2O4/c33-29(25-9-3-1-4-10-25)27(23-31-15-19-35-20-16-31)13-7-8-14-28(24-32-17-21-36-22-18-32)30(34)26-11-5-2-6-12-26/h1-6,9-12,27-28H,7-8,13-24H2/p+2. The Morgan fingerprint density at radius 3 is 1.33 bits per heavy atom. The number of rotatable bonds is 13. The van der Waals surface area contributed by atoms with Crippen LogP contribution in [0.15, 0.2) is 60.7 Å². The van der Waals surface area contributed by atoms with E-state index in [9.17, 15) is 9.59 Å². The van der Waals surface area contributed by atoms with E-state index >= 15 is 0 Å². The molecule has 2 aliphatic rings. The summed E-state index contributed by atoms with van der Waals surface area (Å²) in [6.07, 6.45) is 3.66. The van der Waals surface area contributed by atoms with Crippen molar-refractivity contribution in [2.45, 2.75) is 25.7 Å². The molecule has 0 aromatic heterocycles. The number of unbranched alkanes of at least 4 members (excludes halogenated alkanes) is 1. The zero-order chi connectivity index (χ0) is 25.0. The Hall–Kier alpha value is -2.38. The van der Waals surface area contributed by atoms with Gasteiger partial charge in [-0.2, -0.15) is 0 Å². The van der Waals surface area contributed by atoms with Crippen LogP contribution in [0.2, 0.25) is 0 Å². The van der Waals surface area contributed by atoms with E-state index in [1.807, 2.05) is 60.7 Å². The van der Waals surface area contributed by atoms with Crippen LogP contribution in [0, 0.1) is 11.8 Å². The van der Waals surface area contributed by atoms with E-state index in [2.05, 4.69) is 0 Å². The smallest absolute Gasteiger partial charge is 0.171 e. The first-order valence-electron chi connectivity index (χ1n) is 13.7. The fourth-order valence-corrected chi connectivity index (χ4v) is 5.53. The molecule has 2 saturated heterocycles. The Morgan fingerprint density at radius 1 is 0.611 bits per heavy atom. The number of ether oxygens (including phenoxy) is 2. The second-order valence-corrected chi connectivity index (χ2v) is 10.3. The number of nitrogens with one attached hydrogen (secondary N) is 2. The molecule has 2 aromatic rings. The van der Waals surface area contributed by atoms with E-state index in [-0.39, 0.29) is 23.4 Å². The molecular weight excluding hydrogens is 452 g/mol. The number of hydrogen-bond acceptors (Lipinski definition) is 4. The summed E-state index contributed by atoms with van der Waals surface area (Å²) < 4.78 is 11.0. The maximum absolute atomic E-state index is 13.4. The highest BCUT2D eigenvalue weighted by atomic mass is 16.5. The van der Waals surface area contributed by atoms with Crippen LogP contribution in [-0.2, 0) is 9.47 Å². The Bertz CT molecular complexity index is 847. The lowest BCUT2D eigenvalue weighted by Crippen LogP contribution is -3.14. The summed E-state index contributed by atoms with van der Waals surface area (Å²) in [5, 5.41) is 0. The van der Waals surface area contributed by atoms with Crippen LogP contribution in [0.1, 0.15) is 46.4 Å². The van der Waals surface area contributed by atoms with Crippen molar-refractivity contribution in [2.75, 3.05) is 65.7 Å². The molecule has 0 spiro atoms. The maximum atomic E-state index is 13.4. The van der Waals surface area contributed by atoms with Gasteiger partial charge in [-0.15, -0.1) is 0 Å². The molecular formula is C30H42N2O4+2. The Kier molecular flexibility index (Phi) is 10.7. The Labute approximate surface area is 215 Å². The van der Waals surface area contributed by atoms with Crippen LogP contribution in [-0.4, -0.2) is 77.3 Å². The second-order valence-electron chi connectivity index (χ2n) is 10.3. The molecule has 2 heterocycles. The first-order chi connectivity index (χ1) is 17.7. The highest BCUT2D eigenvalue weighted by Gasteiger charge is 2.28. The number of morpholine rings is 2. The van der Waals surface area contributed by atoms with Gasteiger partial charge in [-0.05, 0) is 12.8 Å². The van der Waals surface area contributed by atoms with Crippen LogP contribution in [0.3, 0.4) is 0 Å². The first-order valence-corrected chi connectivity index (χ1v) is 13.7. The maximum Gasteiger partial charge on any atom is 0.171 e. The summed E-state index contributed by atoms with van der Waals surface area (Å²) >= 11 is 0. The SMILES string of the molecule is O=C(c1ccccc1)C(CCCCC(C[NH+]1CCOCC1)C(=O)c1ccccc1)C[NH+]1CCOCC1. The van der Waals surface area contributed by atoms with Gasteiger partial charge in [-0.25, -0.2) is 0 Å². The van der Waals surface area contributed by atoms with Crippen LogP contribution in [0.5, 0.6) is 0 Å². The molecule has 2 aromatic carbocycles. The van der Waals surface area contributed by atoms with Gasteiger partial charge in [0.1, 0.15) is 26.2 Å². The molecule has 0 radical (unpaired) electrons. The number of benzene rings is 2. The highest BCUT2D eigenvalue weighted by Crippen LogP contribution is 2.19. The third-order valence-electron chi connectivity index (χ3n) is 7.68. The minimum absolute atomic E-state index is 0.00800. The molecule has 194 valence electrons. The van der Waals surface area contributed by atoms with E-state index in [1.54, 1.807) is 0 Å². The fraction of sp³-hybridized carbons (Fsp3) is 0.533. The predicted molar refractivity (Wildman–Crippen MR) is 140 cm³/mol. The third-order valence-corrected chi connectivity index (χ3v) is 7.68. The van der Waals surface area contributed by atoms with Crippen molar-refractivity contribution >= 4 is 11.6 Å². The summed E-state index contributed by atoms with van der Waals surface area (Å²) in [5.74, 6) is 0.524. The molecule has 2 fully saturated rings. The minimum Gasteiger partial charge on any atom is -0.370 e. The van der Waals surface area contributed by atoms with E-state index in [0.717, 1.165) is 103 Å². The number of carbonyl (C=O) groups excluding carboxylic acids is 2. The molecule has 2 aliphatic heterocycles. The van der Waals surface area contributed by atoms with Crippen LogP contribution >= 0.6 is 0 Å². The largest absolute Gasteiger partial charge is 0.370 e. The van der Waals surface area contributed by atoms with Crippen molar-refractivity contribution < 1.29 is 28.9 Å². The normalized spacial score (nSPS) is 19.0. The van der Waals surface area contributed by atoms with Gasteiger partial charge in [-0.1, -0.05) is 73.5 Å². The number of hydrogen-bond donors (Lipinski definition) is 2. The van der Waals surface area contributed by atoms with Gasteiger partial charge in [0, 0.05) is 11.1 Å². The van der Waals surface area contributed by atoms with Gasteiger partial charge >= 0.3 is 0 Å². The predicted octanol–water partition coefficient (Wildman–Crippen LogP) is 1.38. The summed E-state index contributed by atoms with van der Waals surface area (Å²) in [6, 6.07) is 19.4. The van der Waals surface area contributed by atoms with Gasteiger partial charge in [0.25, 0.3) is 0 Å². The molecule has 0 aliphatic carbocycles. The van der Waals surface area contributed by atoms with Crippen LogP contribution < -0.4 is 9.80 Å². The molecule has 36 heavy (non-hydrogen) atoms. The quantitative estimate of drug-likeness (QED) is 0.326. The molecule has 2 atom stereocenters. The summed E-state index contributed by atoms with van der Waals surface area (Å²) in [4.78, 5) is 29.7. The number of quaternary nitrogens is 2. The molecule has 0 bridgehead atoms. The van der Waals surface area contributed by atoms with Gasteiger partial charge in [0.2, 0.25) is 0 Å². The minimum atomic E-state index is 0.00800. The highest BCUT2D eigenvalue weighted by molar-refractivity contribution is 5.98. The van der Waals surface area contributed by atoms with Crippen LogP contribution in [0.4, 0.5) is 0 Å². The van der Waals surface area contributed by atoms with Crippen molar-refractivity contribution in [1.82, 2.24) is 0 Å². The van der Waals surface area contributed by atoms with Crippen molar-refractivity contribution in [3.8, 4) is 0 Å². The van der Waals surface area contributed by atoms with Crippen molar-refractivity contribution in [3.63, 3.8) is 0 Å². The summed E-state index contributed by atoms with van der Waals surface area (Å²) in [7, 11) is 0. The monoisotopic (exact) mass is 494 g/mol. The van der Waals surface area contributed by atoms with Gasteiger partial charge < -0.3 is 19.3 Å². The van der Waals surface area contributed by atoms with Crippen molar-refractivity contribution in [2.24, 2.45) is 11.8 Å². The van der Waals surface area contributed by atoms with Gasteiger partial charge in [-0.3, -0.25) is 9.59 Å². The lowest BCUT2D eigenvalue weighted by molar-refractivity contribution is -0.910. The van der Waals surface area contributed by atoms with E-state index < -0.39 is 0 Å². The lowest BCUT2D eigenvalue weighted by Gasteiger charge is -2.28. The molecule has 4 rings (SSSR count). The molecule has 6 nitrogen and oxygen atoms in total. The zero-order valence-electron chi connectivity index (χ0n) is 21.5. The van der Waals surface area contributed by atoms with E-state index in [1.165, 1.54) is 9.80 Å². The fourth-order valence-electron chi connectivity index (χ4n) is 5.53. The Balaban J connectivity index is 1.36. The first kappa shape index (κ1) is 26.7. The van der Waals surface area contributed by atoms with Gasteiger partial charge in [0.15, 0.2) is 11.6 Å². The topological polar surface area (TPSA) is 61.5 Å². The van der Waals surface area contributed by atoms with E-state index in [4.69, 9.17) is 9.47 Å². The molecule has 6 heteroatoms. The number of ketones is 2. The second kappa shape index (κ2) is 14.4. The van der Waals surface area contributed by atoms with Crippen LogP contribution in [0.25, 0.3) is 0 Å². The molecule has 2 unspecified atom stereocenters. The Morgan fingerprint density at radius 2 is 0.972 bits per heavy atom. The van der Waals surface area contributed by atoms with Crippen molar-refractivity contribution in [1.29, 1.82) is 0 Å².